The summed E-state index contributed by atoms with van der Waals surface area (Å²) in [7, 11) is 0. The highest BCUT2D eigenvalue weighted by Gasteiger charge is 2.10. The number of amides is 2. The molecule has 2 aromatic rings. The number of nitrogens with one attached hydrogen (secondary N) is 2. The molecule has 2 amide bonds. The summed E-state index contributed by atoms with van der Waals surface area (Å²) in [6.07, 6.45) is 4.11. The first-order chi connectivity index (χ1) is 12.0. The van der Waals surface area contributed by atoms with Gasteiger partial charge < -0.3 is 9.15 Å². The van der Waals surface area contributed by atoms with Gasteiger partial charge >= 0.3 is 11.9 Å². The van der Waals surface area contributed by atoms with Crippen LogP contribution in [0, 0.1) is 6.92 Å². The maximum atomic E-state index is 11.6. The summed E-state index contributed by atoms with van der Waals surface area (Å²) in [4.78, 5) is 34.7. The van der Waals surface area contributed by atoms with Crippen LogP contribution in [-0.4, -0.2) is 24.4 Å². The van der Waals surface area contributed by atoms with E-state index in [1.54, 1.807) is 6.08 Å². The van der Waals surface area contributed by atoms with Crippen LogP contribution in [-0.2, 0) is 14.3 Å². The zero-order valence-corrected chi connectivity index (χ0v) is 14.8. The first kappa shape index (κ1) is 18.5. The Bertz CT molecular complexity index is 799. The van der Waals surface area contributed by atoms with Gasteiger partial charge in [-0.15, -0.1) is 0 Å². The molecule has 7 nitrogen and oxygen atoms in total. The Kier molecular flexibility index (Phi) is 6.53. The molecule has 1 aromatic heterocycles. The monoisotopic (exact) mass is 406 g/mol. The van der Waals surface area contributed by atoms with Crippen LogP contribution in [0.3, 0.4) is 0 Å². The number of hydrogen-bond donors (Lipinski definition) is 2. The van der Waals surface area contributed by atoms with Crippen LogP contribution < -0.4 is 10.9 Å². The molecule has 1 aromatic carbocycles. The first-order valence-corrected chi connectivity index (χ1v) is 7.98. The predicted octanol–water partition coefficient (Wildman–Crippen LogP) is 2.37. The van der Waals surface area contributed by atoms with Gasteiger partial charge in [-0.05, 0) is 42.3 Å². The largest absolute Gasteiger partial charge is 0.459 e. The molecule has 2 N–H and O–H groups in total. The van der Waals surface area contributed by atoms with Gasteiger partial charge in [0.2, 0.25) is 0 Å². The number of ether oxygens (including phenoxy) is 1. The maximum absolute atomic E-state index is 11.6. The molecule has 8 heteroatoms. The number of benzene rings is 1. The van der Waals surface area contributed by atoms with Crippen LogP contribution in [0.1, 0.15) is 21.7 Å². The summed E-state index contributed by atoms with van der Waals surface area (Å²) in [6, 6.07) is 8.65. The van der Waals surface area contributed by atoms with Crippen LogP contribution in [0.15, 0.2) is 51.6 Å². The molecule has 0 saturated carbocycles. The van der Waals surface area contributed by atoms with E-state index in [4.69, 9.17) is 9.15 Å². The lowest BCUT2D eigenvalue weighted by molar-refractivity contribution is -0.144. The summed E-state index contributed by atoms with van der Waals surface area (Å²) < 4.78 is 10.5. The maximum Gasteiger partial charge on any atom is 0.331 e. The molecular formula is C17H15BrN2O5. The van der Waals surface area contributed by atoms with E-state index in [0.717, 1.165) is 15.6 Å². The Morgan fingerprint density at radius 2 is 2.04 bits per heavy atom. The van der Waals surface area contributed by atoms with Crippen molar-refractivity contribution in [2.45, 2.75) is 6.92 Å². The van der Waals surface area contributed by atoms with Gasteiger partial charge in [0.05, 0.1) is 6.26 Å². The second-order valence-electron chi connectivity index (χ2n) is 4.95. The minimum Gasteiger partial charge on any atom is -0.459 e. The minimum absolute atomic E-state index is 0.0453. The van der Waals surface area contributed by atoms with Crippen molar-refractivity contribution >= 4 is 39.8 Å². The van der Waals surface area contributed by atoms with Gasteiger partial charge in [-0.1, -0.05) is 28.1 Å². The molecule has 130 valence electrons. The second-order valence-corrected chi connectivity index (χ2v) is 5.80. The molecule has 1 heterocycles. The van der Waals surface area contributed by atoms with E-state index in [-0.39, 0.29) is 5.76 Å². The Balaban J connectivity index is 1.74. The number of esters is 1. The van der Waals surface area contributed by atoms with Crippen molar-refractivity contribution < 1.29 is 23.5 Å². The van der Waals surface area contributed by atoms with Crippen LogP contribution in [0.2, 0.25) is 0 Å². The third-order valence-electron chi connectivity index (χ3n) is 2.96. The molecule has 0 aliphatic heterocycles. The Hall–Kier alpha value is -2.87. The van der Waals surface area contributed by atoms with E-state index in [1.807, 2.05) is 25.1 Å². The molecule has 0 bridgehead atoms. The smallest absolute Gasteiger partial charge is 0.331 e. The van der Waals surface area contributed by atoms with Crippen LogP contribution in [0.25, 0.3) is 6.08 Å². The molecule has 0 spiro atoms. The lowest BCUT2D eigenvalue weighted by Crippen LogP contribution is -2.43. The molecule has 0 radical (unpaired) electrons. The van der Waals surface area contributed by atoms with Crippen LogP contribution in [0.5, 0.6) is 0 Å². The van der Waals surface area contributed by atoms with E-state index in [0.29, 0.717) is 0 Å². The van der Waals surface area contributed by atoms with Crippen molar-refractivity contribution in [3.8, 4) is 0 Å². The number of rotatable bonds is 5. The highest BCUT2D eigenvalue weighted by Crippen LogP contribution is 2.19. The average molecular weight is 407 g/mol. The van der Waals surface area contributed by atoms with Crippen molar-refractivity contribution in [3.05, 3.63) is 64.0 Å². The topological polar surface area (TPSA) is 97.6 Å². The molecule has 0 aliphatic carbocycles. The minimum atomic E-state index is -0.682. The summed E-state index contributed by atoms with van der Waals surface area (Å²) in [5.74, 6) is -1.93. The Morgan fingerprint density at radius 1 is 1.24 bits per heavy atom. The molecule has 0 fully saturated rings. The van der Waals surface area contributed by atoms with E-state index in [9.17, 15) is 14.4 Å². The van der Waals surface area contributed by atoms with Crippen molar-refractivity contribution in [2.24, 2.45) is 0 Å². The molecule has 2 rings (SSSR count). The number of hydrazine groups is 1. The first-order valence-electron chi connectivity index (χ1n) is 7.19. The van der Waals surface area contributed by atoms with Crippen LogP contribution >= 0.6 is 15.9 Å². The zero-order chi connectivity index (χ0) is 18.2. The van der Waals surface area contributed by atoms with Gasteiger partial charge in [-0.2, -0.15) is 0 Å². The van der Waals surface area contributed by atoms with Crippen molar-refractivity contribution in [3.63, 3.8) is 0 Å². The Morgan fingerprint density at radius 3 is 2.72 bits per heavy atom. The fourth-order valence-corrected chi connectivity index (χ4v) is 2.37. The molecule has 0 saturated heterocycles. The number of carbonyl (C=O) groups excluding carboxylic acids is 3. The fourth-order valence-electron chi connectivity index (χ4n) is 1.74. The number of halogens is 1. The quantitative estimate of drug-likeness (QED) is 0.451. The second kappa shape index (κ2) is 8.84. The third-order valence-corrected chi connectivity index (χ3v) is 3.65. The molecule has 0 atom stereocenters. The SMILES string of the molecule is Cc1ccc(/C=C/C(=O)OCC(=O)NNC(=O)c2ccco2)c(Br)c1. The van der Waals surface area contributed by atoms with E-state index >= 15 is 0 Å². The predicted molar refractivity (Wildman–Crippen MR) is 93.2 cm³/mol. The van der Waals surface area contributed by atoms with Gasteiger partial charge in [0, 0.05) is 10.5 Å². The highest BCUT2D eigenvalue weighted by molar-refractivity contribution is 9.10. The Labute approximate surface area is 152 Å². The fraction of sp³-hybridized carbons (Fsp3) is 0.118. The number of hydrogen-bond acceptors (Lipinski definition) is 5. The van der Waals surface area contributed by atoms with Crippen molar-refractivity contribution in [1.82, 2.24) is 10.9 Å². The zero-order valence-electron chi connectivity index (χ0n) is 13.2. The van der Waals surface area contributed by atoms with Crippen molar-refractivity contribution in [2.75, 3.05) is 6.61 Å². The lowest BCUT2D eigenvalue weighted by atomic mass is 10.1. The van der Waals surface area contributed by atoms with Gasteiger partial charge in [-0.25, -0.2) is 4.79 Å². The van der Waals surface area contributed by atoms with E-state index < -0.39 is 24.4 Å². The highest BCUT2D eigenvalue weighted by atomic mass is 79.9. The molecule has 0 aliphatic rings. The van der Waals surface area contributed by atoms with Gasteiger partial charge in [-0.3, -0.25) is 20.4 Å². The number of carbonyl (C=O) groups is 3. The van der Waals surface area contributed by atoms with Crippen molar-refractivity contribution in [1.29, 1.82) is 0 Å². The number of aryl methyl sites for hydroxylation is 1. The summed E-state index contributed by atoms with van der Waals surface area (Å²) in [6.45, 7) is 1.42. The molecule has 25 heavy (non-hydrogen) atoms. The molecular weight excluding hydrogens is 392 g/mol. The normalized spacial score (nSPS) is 10.5. The summed E-state index contributed by atoms with van der Waals surface area (Å²) in [5.41, 5.74) is 6.13. The van der Waals surface area contributed by atoms with E-state index in [1.165, 1.54) is 24.5 Å². The van der Waals surface area contributed by atoms with Gasteiger partial charge in [0.1, 0.15) is 0 Å². The summed E-state index contributed by atoms with van der Waals surface area (Å²) >= 11 is 3.39. The van der Waals surface area contributed by atoms with E-state index in [2.05, 4.69) is 26.8 Å². The lowest BCUT2D eigenvalue weighted by Gasteiger charge is -2.06. The summed E-state index contributed by atoms with van der Waals surface area (Å²) in [5, 5.41) is 0. The molecule has 0 unspecified atom stereocenters. The van der Waals surface area contributed by atoms with Gasteiger partial charge in [0.15, 0.2) is 12.4 Å². The van der Waals surface area contributed by atoms with Gasteiger partial charge in [0.25, 0.3) is 5.91 Å². The average Bonchev–Trinajstić information content (AvgIpc) is 3.11. The number of furan rings is 1. The standard InChI is InChI=1S/C17H15BrN2O5/c1-11-4-5-12(13(18)9-11)6-7-16(22)25-10-15(21)19-20-17(23)14-3-2-8-24-14/h2-9H,10H2,1H3,(H,19,21)(H,20,23)/b7-6+. The van der Waals surface area contributed by atoms with Crippen LogP contribution in [0.4, 0.5) is 0 Å². The third kappa shape index (κ3) is 5.92.